The number of halogens is 1. The van der Waals surface area contributed by atoms with E-state index in [2.05, 4.69) is 9.99 Å². The number of benzene rings is 1. The second kappa shape index (κ2) is 8.00. The summed E-state index contributed by atoms with van der Waals surface area (Å²) in [6, 6.07) is 9.05. The Hall–Kier alpha value is -1.35. The van der Waals surface area contributed by atoms with Crippen LogP contribution in [0.15, 0.2) is 35.5 Å². The fourth-order valence-corrected chi connectivity index (χ4v) is 0.893. The van der Waals surface area contributed by atoms with Gasteiger partial charge in [0, 0.05) is 12.5 Å². The van der Waals surface area contributed by atoms with Gasteiger partial charge in [-0.3, -0.25) is 0 Å². The molecule has 0 spiro atoms. The lowest BCUT2D eigenvalue weighted by Gasteiger charge is -1.95. The molecule has 0 atom stereocenters. The van der Waals surface area contributed by atoms with Gasteiger partial charge >= 0.3 is 5.97 Å². The van der Waals surface area contributed by atoms with Crippen LogP contribution in [0.25, 0.3) is 0 Å². The Morgan fingerprint density at radius 3 is 2.27 bits per heavy atom. The van der Waals surface area contributed by atoms with E-state index in [-0.39, 0.29) is 5.17 Å². The molecule has 1 aromatic carbocycles. The van der Waals surface area contributed by atoms with E-state index >= 15 is 0 Å². The molecule has 0 aromatic heterocycles. The Labute approximate surface area is 94.7 Å². The predicted octanol–water partition coefficient (Wildman–Crippen LogP) is 3.18. The maximum atomic E-state index is 10.4. The fraction of sp³-hybridized carbons (Fsp3) is 0.273. The largest absolute Gasteiger partial charge is 0.332 e. The second-order valence-corrected chi connectivity index (χ2v) is 2.69. The summed E-state index contributed by atoms with van der Waals surface area (Å²) >= 11 is 5.72. The van der Waals surface area contributed by atoms with E-state index in [0.717, 1.165) is 0 Å². The topological polar surface area (TPSA) is 38.7 Å². The summed E-state index contributed by atoms with van der Waals surface area (Å²) in [7, 11) is 0. The van der Waals surface area contributed by atoms with Gasteiger partial charge in [0.25, 0.3) is 0 Å². The summed E-state index contributed by atoms with van der Waals surface area (Å²) in [4.78, 5) is 14.8. The lowest BCUT2D eigenvalue weighted by Crippen LogP contribution is -1.96. The minimum atomic E-state index is -0.492. The van der Waals surface area contributed by atoms with E-state index in [0.29, 0.717) is 5.56 Å². The first kappa shape index (κ1) is 13.7. The molecule has 0 aliphatic carbocycles. The molecule has 1 aromatic rings. The number of rotatable bonds is 2. The fourth-order valence-electron chi connectivity index (χ4n) is 0.733. The summed E-state index contributed by atoms with van der Waals surface area (Å²) in [5.74, 6) is -0.492. The van der Waals surface area contributed by atoms with Crippen LogP contribution in [0.4, 0.5) is 0 Å². The lowest BCUT2D eigenvalue weighted by molar-refractivity contribution is -0.140. The van der Waals surface area contributed by atoms with Gasteiger partial charge in [0.2, 0.25) is 0 Å². The molecule has 0 aliphatic rings. The summed E-state index contributed by atoms with van der Waals surface area (Å²) in [6.45, 7) is 5.26. The molecule has 0 radical (unpaired) electrons. The Kier molecular flexibility index (Phi) is 7.28. The zero-order chi connectivity index (χ0) is 11.7. The molecule has 0 aliphatic heterocycles. The van der Waals surface area contributed by atoms with Crippen LogP contribution >= 0.6 is 11.6 Å². The predicted molar refractivity (Wildman–Crippen MR) is 61.9 cm³/mol. The minimum Gasteiger partial charge on any atom is -0.317 e. The monoisotopic (exact) mass is 227 g/mol. The molecule has 0 amide bonds. The number of oxime groups is 1. The van der Waals surface area contributed by atoms with Gasteiger partial charge in [0.1, 0.15) is 0 Å². The highest BCUT2D eigenvalue weighted by Gasteiger charge is 1.99. The first-order valence-electron chi connectivity index (χ1n) is 4.66. The molecule has 0 unspecified atom stereocenters. The van der Waals surface area contributed by atoms with Crippen LogP contribution < -0.4 is 0 Å². The van der Waals surface area contributed by atoms with Crippen LogP contribution in [0.2, 0.25) is 0 Å². The third-order valence-electron chi connectivity index (χ3n) is 1.27. The molecule has 82 valence electrons. The van der Waals surface area contributed by atoms with E-state index in [1.54, 1.807) is 12.1 Å². The highest BCUT2D eigenvalue weighted by atomic mass is 35.5. The number of carbonyl (C=O) groups excluding carboxylic acids is 1. The quantitative estimate of drug-likeness (QED) is 0.442. The lowest BCUT2D eigenvalue weighted by atomic mass is 10.2. The highest BCUT2D eigenvalue weighted by Crippen LogP contribution is 2.04. The average molecular weight is 228 g/mol. The van der Waals surface area contributed by atoms with Crippen LogP contribution in [0.5, 0.6) is 0 Å². The third-order valence-corrected chi connectivity index (χ3v) is 1.55. The van der Waals surface area contributed by atoms with Crippen molar-refractivity contribution in [1.82, 2.24) is 0 Å². The Bertz CT molecular complexity index is 323. The standard InChI is InChI=1S/C9H8ClNO2.C2H6/c1-7(12)13-11-9(10)8-5-3-2-4-6-8;1-2/h2-6H,1H3;1-2H3/b11-9-;. The van der Waals surface area contributed by atoms with Gasteiger partial charge in [-0.05, 0) is 0 Å². The molecular weight excluding hydrogens is 214 g/mol. The average Bonchev–Trinajstić information content (AvgIpc) is 2.30. The van der Waals surface area contributed by atoms with Crippen molar-refractivity contribution in [1.29, 1.82) is 0 Å². The van der Waals surface area contributed by atoms with E-state index in [1.807, 2.05) is 32.0 Å². The Morgan fingerprint density at radius 2 is 1.80 bits per heavy atom. The van der Waals surface area contributed by atoms with Crippen molar-refractivity contribution in [2.75, 3.05) is 0 Å². The molecular formula is C11H14ClNO2. The second-order valence-electron chi connectivity index (χ2n) is 2.33. The maximum Gasteiger partial charge on any atom is 0.332 e. The zero-order valence-electron chi connectivity index (χ0n) is 9.03. The van der Waals surface area contributed by atoms with E-state index in [4.69, 9.17) is 11.6 Å². The van der Waals surface area contributed by atoms with Gasteiger partial charge in [-0.1, -0.05) is 60.9 Å². The van der Waals surface area contributed by atoms with E-state index < -0.39 is 5.97 Å². The van der Waals surface area contributed by atoms with Gasteiger partial charge in [-0.15, -0.1) is 0 Å². The molecule has 0 fully saturated rings. The van der Waals surface area contributed by atoms with E-state index in [9.17, 15) is 4.79 Å². The first-order chi connectivity index (χ1) is 7.20. The van der Waals surface area contributed by atoms with Gasteiger partial charge < -0.3 is 4.84 Å². The number of hydrogen-bond acceptors (Lipinski definition) is 3. The van der Waals surface area contributed by atoms with Crippen LogP contribution in [-0.2, 0) is 9.63 Å². The van der Waals surface area contributed by atoms with Crippen molar-refractivity contribution in [3.05, 3.63) is 35.9 Å². The Balaban J connectivity index is 0.000000921. The van der Waals surface area contributed by atoms with Gasteiger partial charge in [-0.25, -0.2) is 4.79 Å². The summed E-state index contributed by atoms with van der Waals surface area (Å²) in [5.41, 5.74) is 0.713. The van der Waals surface area contributed by atoms with Crippen LogP contribution in [0, 0.1) is 0 Å². The molecule has 0 heterocycles. The SMILES string of the molecule is CC.CC(=O)O/N=C(\Cl)c1ccccc1. The van der Waals surface area contributed by atoms with Crippen LogP contribution in [0.3, 0.4) is 0 Å². The molecule has 0 saturated carbocycles. The van der Waals surface area contributed by atoms with Gasteiger partial charge in [0.05, 0.1) is 0 Å². The van der Waals surface area contributed by atoms with Crippen molar-refractivity contribution >= 4 is 22.7 Å². The summed E-state index contributed by atoms with van der Waals surface area (Å²) in [6.07, 6.45) is 0. The van der Waals surface area contributed by atoms with Crippen molar-refractivity contribution in [2.24, 2.45) is 5.16 Å². The normalized spacial score (nSPS) is 10.0. The van der Waals surface area contributed by atoms with Crippen molar-refractivity contribution < 1.29 is 9.63 Å². The van der Waals surface area contributed by atoms with Crippen LogP contribution in [-0.4, -0.2) is 11.1 Å². The number of hydrogen-bond donors (Lipinski definition) is 0. The maximum absolute atomic E-state index is 10.4. The summed E-state index contributed by atoms with van der Waals surface area (Å²) in [5, 5.41) is 3.59. The molecule has 0 saturated heterocycles. The molecule has 0 bridgehead atoms. The number of carbonyl (C=O) groups is 1. The Morgan fingerprint density at radius 1 is 1.27 bits per heavy atom. The van der Waals surface area contributed by atoms with Crippen molar-refractivity contribution in [3.8, 4) is 0 Å². The molecule has 0 N–H and O–H groups in total. The number of nitrogens with zero attached hydrogens (tertiary/aromatic N) is 1. The van der Waals surface area contributed by atoms with E-state index in [1.165, 1.54) is 6.92 Å². The molecule has 3 nitrogen and oxygen atoms in total. The molecule has 15 heavy (non-hydrogen) atoms. The third kappa shape index (κ3) is 5.86. The summed E-state index contributed by atoms with van der Waals surface area (Å²) < 4.78 is 0. The van der Waals surface area contributed by atoms with Crippen molar-refractivity contribution in [3.63, 3.8) is 0 Å². The minimum absolute atomic E-state index is 0.163. The molecule has 4 heteroatoms. The molecule has 1 rings (SSSR count). The zero-order valence-corrected chi connectivity index (χ0v) is 9.78. The van der Waals surface area contributed by atoms with Crippen molar-refractivity contribution in [2.45, 2.75) is 20.8 Å². The van der Waals surface area contributed by atoms with Gasteiger partial charge in [0.15, 0.2) is 5.17 Å². The van der Waals surface area contributed by atoms with Crippen LogP contribution in [0.1, 0.15) is 26.3 Å². The first-order valence-corrected chi connectivity index (χ1v) is 5.04. The smallest absolute Gasteiger partial charge is 0.317 e. The van der Waals surface area contributed by atoms with Gasteiger partial charge in [-0.2, -0.15) is 0 Å². The highest BCUT2D eigenvalue weighted by molar-refractivity contribution is 6.69.